The molecule has 0 aliphatic carbocycles. The van der Waals surface area contributed by atoms with Crippen LogP contribution in [0.4, 0.5) is 5.82 Å². The molecule has 0 aromatic carbocycles. The summed E-state index contributed by atoms with van der Waals surface area (Å²) in [5, 5.41) is 6.54. The first-order valence-corrected chi connectivity index (χ1v) is 11.8. The zero-order valence-electron chi connectivity index (χ0n) is 17.1. The molecule has 2 heterocycles. The SMILES string of the molecule is CN=C(NCc1ccnc(N2CCCCCC2)c1)NC(C)CCS(C)(=O)=O.I. The van der Waals surface area contributed by atoms with Crippen molar-refractivity contribution in [3.63, 3.8) is 0 Å². The summed E-state index contributed by atoms with van der Waals surface area (Å²) in [5.74, 6) is 1.88. The molecule has 0 radical (unpaired) electrons. The molecule has 1 unspecified atom stereocenters. The molecule has 2 rings (SSSR count). The van der Waals surface area contributed by atoms with Crippen molar-refractivity contribution in [2.75, 3.05) is 37.0 Å². The topological polar surface area (TPSA) is 86.7 Å². The highest BCUT2D eigenvalue weighted by Gasteiger charge is 2.12. The molecule has 2 N–H and O–H groups in total. The van der Waals surface area contributed by atoms with Gasteiger partial charge in [0.05, 0.1) is 5.75 Å². The molecule has 1 saturated heterocycles. The Bertz CT molecular complexity index is 719. The number of pyridine rings is 1. The molecule has 1 atom stereocenters. The molecular formula is C19H34IN5O2S. The van der Waals surface area contributed by atoms with Crippen LogP contribution < -0.4 is 15.5 Å². The van der Waals surface area contributed by atoms with Crippen molar-refractivity contribution in [3.8, 4) is 0 Å². The molecule has 0 spiro atoms. The van der Waals surface area contributed by atoms with Crippen LogP contribution in [-0.4, -0.2) is 57.5 Å². The maximum absolute atomic E-state index is 11.3. The Balaban J connectivity index is 0.00000392. The summed E-state index contributed by atoms with van der Waals surface area (Å²) < 4.78 is 22.6. The molecular weight excluding hydrogens is 489 g/mol. The number of aromatic nitrogens is 1. The number of sulfone groups is 1. The second-order valence-electron chi connectivity index (χ2n) is 7.31. The second-order valence-corrected chi connectivity index (χ2v) is 9.57. The Labute approximate surface area is 186 Å². The molecule has 9 heteroatoms. The Morgan fingerprint density at radius 1 is 1.29 bits per heavy atom. The first-order chi connectivity index (χ1) is 12.9. The van der Waals surface area contributed by atoms with Gasteiger partial charge >= 0.3 is 0 Å². The summed E-state index contributed by atoms with van der Waals surface area (Å²) in [7, 11) is -1.23. The third kappa shape index (κ3) is 9.40. The maximum atomic E-state index is 11.3. The second kappa shape index (κ2) is 12.5. The molecule has 28 heavy (non-hydrogen) atoms. The van der Waals surface area contributed by atoms with Gasteiger partial charge in [0, 0.05) is 45.2 Å². The number of rotatable bonds is 7. The van der Waals surface area contributed by atoms with E-state index in [1.165, 1.54) is 31.9 Å². The number of aliphatic imine (C=N–C) groups is 1. The highest BCUT2D eigenvalue weighted by molar-refractivity contribution is 14.0. The highest BCUT2D eigenvalue weighted by atomic mass is 127. The summed E-state index contributed by atoms with van der Waals surface area (Å²) >= 11 is 0. The number of hydrogen-bond donors (Lipinski definition) is 2. The van der Waals surface area contributed by atoms with Gasteiger partial charge in [-0.2, -0.15) is 0 Å². The zero-order valence-corrected chi connectivity index (χ0v) is 20.3. The van der Waals surface area contributed by atoms with Crippen LogP contribution >= 0.6 is 24.0 Å². The van der Waals surface area contributed by atoms with E-state index in [2.05, 4.69) is 31.6 Å². The van der Waals surface area contributed by atoms with Crippen LogP contribution in [0.15, 0.2) is 23.3 Å². The molecule has 160 valence electrons. The van der Waals surface area contributed by atoms with Crippen molar-refractivity contribution in [1.29, 1.82) is 0 Å². The molecule has 1 fully saturated rings. The van der Waals surface area contributed by atoms with Crippen molar-refractivity contribution in [2.24, 2.45) is 4.99 Å². The molecule has 1 aliphatic heterocycles. The van der Waals surface area contributed by atoms with Crippen LogP contribution in [0.1, 0.15) is 44.6 Å². The minimum absolute atomic E-state index is 0. The van der Waals surface area contributed by atoms with Crippen LogP contribution in [0.2, 0.25) is 0 Å². The largest absolute Gasteiger partial charge is 0.357 e. The van der Waals surface area contributed by atoms with Crippen LogP contribution in [-0.2, 0) is 16.4 Å². The van der Waals surface area contributed by atoms with E-state index in [9.17, 15) is 8.42 Å². The van der Waals surface area contributed by atoms with E-state index in [0.29, 0.717) is 18.9 Å². The van der Waals surface area contributed by atoms with Gasteiger partial charge in [0.25, 0.3) is 0 Å². The number of hydrogen-bond acceptors (Lipinski definition) is 5. The number of halogens is 1. The fourth-order valence-electron chi connectivity index (χ4n) is 3.12. The summed E-state index contributed by atoms with van der Waals surface area (Å²) in [6.07, 6.45) is 8.74. The average molecular weight is 523 g/mol. The zero-order chi connectivity index (χ0) is 19.7. The van der Waals surface area contributed by atoms with Gasteiger partial charge in [0.15, 0.2) is 5.96 Å². The Morgan fingerprint density at radius 2 is 1.96 bits per heavy atom. The van der Waals surface area contributed by atoms with Gasteiger partial charge in [-0.15, -0.1) is 24.0 Å². The van der Waals surface area contributed by atoms with Gasteiger partial charge in [0.1, 0.15) is 15.7 Å². The number of nitrogens with one attached hydrogen (secondary N) is 2. The van der Waals surface area contributed by atoms with E-state index >= 15 is 0 Å². The van der Waals surface area contributed by atoms with Gasteiger partial charge < -0.3 is 15.5 Å². The van der Waals surface area contributed by atoms with Gasteiger partial charge in [-0.05, 0) is 43.9 Å². The first-order valence-electron chi connectivity index (χ1n) is 9.72. The molecule has 0 saturated carbocycles. The monoisotopic (exact) mass is 523 g/mol. The van der Waals surface area contributed by atoms with E-state index in [-0.39, 0.29) is 35.8 Å². The summed E-state index contributed by atoms with van der Waals surface area (Å²) in [5.41, 5.74) is 1.15. The molecule has 7 nitrogen and oxygen atoms in total. The van der Waals surface area contributed by atoms with E-state index in [1.54, 1.807) is 7.05 Å². The summed E-state index contributed by atoms with van der Waals surface area (Å²) in [4.78, 5) is 11.1. The predicted octanol–water partition coefficient (Wildman–Crippen LogP) is 2.57. The third-order valence-corrected chi connectivity index (χ3v) is 5.71. The lowest BCUT2D eigenvalue weighted by Crippen LogP contribution is -2.42. The lowest BCUT2D eigenvalue weighted by Gasteiger charge is -2.22. The van der Waals surface area contributed by atoms with Crippen molar-refractivity contribution < 1.29 is 8.42 Å². The maximum Gasteiger partial charge on any atom is 0.191 e. The van der Waals surface area contributed by atoms with Crippen molar-refractivity contribution >= 4 is 45.6 Å². The van der Waals surface area contributed by atoms with Crippen molar-refractivity contribution in [3.05, 3.63) is 23.9 Å². The fraction of sp³-hybridized carbons (Fsp3) is 0.684. The van der Waals surface area contributed by atoms with Gasteiger partial charge in [-0.25, -0.2) is 13.4 Å². The normalized spacial score (nSPS) is 16.7. The van der Waals surface area contributed by atoms with Crippen molar-refractivity contribution in [1.82, 2.24) is 15.6 Å². The van der Waals surface area contributed by atoms with Crippen LogP contribution in [0.3, 0.4) is 0 Å². The molecule has 1 aromatic heterocycles. The minimum atomic E-state index is -2.95. The quantitative estimate of drug-likeness (QED) is 0.325. The first kappa shape index (κ1) is 24.9. The van der Waals surface area contributed by atoms with Gasteiger partial charge in [-0.3, -0.25) is 4.99 Å². The van der Waals surface area contributed by atoms with Gasteiger partial charge in [-0.1, -0.05) is 12.8 Å². The Morgan fingerprint density at radius 3 is 2.57 bits per heavy atom. The predicted molar refractivity (Wildman–Crippen MR) is 127 cm³/mol. The standard InChI is InChI=1S/C19H33N5O2S.HI/c1-16(9-13-27(3,25)26)23-19(20-2)22-15-17-8-10-21-18(14-17)24-11-6-4-5-7-12-24;/h8,10,14,16H,4-7,9,11-13,15H2,1-3H3,(H2,20,22,23);1H. The highest BCUT2D eigenvalue weighted by Crippen LogP contribution is 2.18. The minimum Gasteiger partial charge on any atom is -0.357 e. The third-order valence-electron chi connectivity index (χ3n) is 4.73. The number of guanidine groups is 1. The fourth-order valence-corrected chi connectivity index (χ4v) is 3.90. The molecule has 0 bridgehead atoms. The number of anilines is 1. The molecule has 0 amide bonds. The summed E-state index contributed by atoms with van der Waals surface area (Å²) in [6.45, 7) is 4.75. The van der Waals surface area contributed by atoms with Crippen molar-refractivity contribution in [2.45, 2.75) is 51.6 Å². The van der Waals surface area contributed by atoms with Crippen LogP contribution in [0.5, 0.6) is 0 Å². The number of nitrogens with zero attached hydrogens (tertiary/aromatic N) is 3. The Kier molecular flexibility index (Phi) is 11.1. The van der Waals surface area contributed by atoms with E-state index in [4.69, 9.17) is 0 Å². The van der Waals surface area contributed by atoms with E-state index in [1.807, 2.05) is 19.2 Å². The lowest BCUT2D eigenvalue weighted by molar-refractivity contribution is 0.581. The average Bonchev–Trinajstić information content (AvgIpc) is 2.92. The van der Waals surface area contributed by atoms with E-state index in [0.717, 1.165) is 24.5 Å². The van der Waals surface area contributed by atoms with Crippen LogP contribution in [0, 0.1) is 0 Å². The lowest BCUT2D eigenvalue weighted by atomic mass is 10.2. The van der Waals surface area contributed by atoms with Crippen LogP contribution in [0.25, 0.3) is 0 Å². The smallest absolute Gasteiger partial charge is 0.191 e. The Hall–Kier alpha value is -1.10. The molecule has 1 aliphatic rings. The summed E-state index contributed by atoms with van der Waals surface area (Å²) in [6, 6.07) is 4.17. The molecule has 1 aromatic rings. The van der Waals surface area contributed by atoms with E-state index < -0.39 is 9.84 Å². The van der Waals surface area contributed by atoms with Gasteiger partial charge in [0.2, 0.25) is 0 Å².